The molecule has 1 amide bonds. The number of hydrogen-bond donors (Lipinski definition) is 2. The molecule has 90 valence electrons. The predicted octanol–water partition coefficient (Wildman–Crippen LogP) is 1.74. The third kappa shape index (κ3) is 3.32. The molecule has 4 heteroatoms. The molecule has 0 aliphatic heterocycles. The van der Waals surface area contributed by atoms with E-state index >= 15 is 0 Å². The smallest absolute Gasteiger partial charge is 0.224 e. The molecule has 0 radical (unpaired) electrons. The van der Waals surface area contributed by atoms with Crippen LogP contribution in [0, 0.1) is 5.92 Å². The van der Waals surface area contributed by atoms with Gasteiger partial charge in [0, 0.05) is 29.3 Å². The summed E-state index contributed by atoms with van der Waals surface area (Å²) in [4.78, 5) is 12.9. The van der Waals surface area contributed by atoms with Crippen LogP contribution in [-0.4, -0.2) is 19.0 Å². The van der Waals surface area contributed by atoms with E-state index in [1.807, 2.05) is 13.0 Å². The van der Waals surface area contributed by atoms with Gasteiger partial charge < -0.3 is 11.1 Å². The summed E-state index contributed by atoms with van der Waals surface area (Å²) < 4.78 is 0. The van der Waals surface area contributed by atoms with Crippen molar-refractivity contribution in [2.75, 3.05) is 13.1 Å². The van der Waals surface area contributed by atoms with Crippen LogP contribution in [0.2, 0.25) is 0 Å². The molecule has 1 rings (SSSR count). The van der Waals surface area contributed by atoms with Crippen LogP contribution < -0.4 is 11.1 Å². The van der Waals surface area contributed by atoms with E-state index in [1.165, 1.54) is 4.88 Å². The molecule has 1 heterocycles. The van der Waals surface area contributed by atoms with Crippen molar-refractivity contribution >= 4 is 17.2 Å². The number of carbonyl (C=O) groups excluding carboxylic acids is 1. The van der Waals surface area contributed by atoms with E-state index in [-0.39, 0.29) is 17.2 Å². The fourth-order valence-electron chi connectivity index (χ4n) is 1.34. The van der Waals surface area contributed by atoms with Crippen molar-refractivity contribution in [3.63, 3.8) is 0 Å². The van der Waals surface area contributed by atoms with Crippen LogP contribution in [0.3, 0.4) is 0 Å². The Morgan fingerprint density at radius 2 is 2.31 bits per heavy atom. The summed E-state index contributed by atoms with van der Waals surface area (Å²) in [5.41, 5.74) is 5.43. The van der Waals surface area contributed by atoms with Gasteiger partial charge in [0.15, 0.2) is 0 Å². The Morgan fingerprint density at radius 3 is 2.81 bits per heavy atom. The zero-order valence-corrected chi connectivity index (χ0v) is 10.9. The molecule has 1 atom stereocenters. The highest BCUT2D eigenvalue weighted by molar-refractivity contribution is 7.10. The van der Waals surface area contributed by atoms with Crippen LogP contribution in [0.25, 0.3) is 0 Å². The largest absolute Gasteiger partial charge is 0.355 e. The topological polar surface area (TPSA) is 55.1 Å². The van der Waals surface area contributed by atoms with Gasteiger partial charge in [-0.25, -0.2) is 0 Å². The van der Waals surface area contributed by atoms with Gasteiger partial charge in [-0.05, 0) is 11.4 Å². The number of rotatable bonds is 5. The second-order valence-electron chi connectivity index (χ2n) is 4.72. The van der Waals surface area contributed by atoms with Gasteiger partial charge in [0.25, 0.3) is 0 Å². The van der Waals surface area contributed by atoms with E-state index in [4.69, 9.17) is 5.73 Å². The summed E-state index contributed by atoms with van der Waals surface area (Å²) >= 11 is 1.72. The number of nitrogens with two attached hydrogens (primary N) is 1. The summed E-state index contributed by atoms with van der Waals surface area (Å²) in [7, 11) is 0. The number of carbonyl (C=O) groups is 1. The van der Waals surface area contributed by atoms with Crippen molar-refractivity contribution < 1.29 is 4.79 Å². The first kappa shape index (κ1) is 13.2. The van der Waals surface area contributed by atoms with E-state index in [1.54, 1.807) is 11.3 Å². The highest BCUT2D eigenvalue weighted by Gasteiger charge is 2.23. The third-order valence-corrected chi connectivity index (χ3v) is 3.93. The Balaban J connectivity index is 2.52. The van der Waals surface area contributed by atoms with Crippen molar-refractivity contribution in [2.45, 2.75) is 26.2 Å². The van der Waals surface area contributed by atoms with E-state index < -0.39 is 0 Å². The molecule has 1 aromatic rings. The van der Waals surface area contributed by atoms with Gasteiger partial charge in [-0.3, -0.25) is 4.79 Å². The summed E-state index contributed by atoms with van der Waals surface area (Å²) in [5, 5.41) is 5.01. The van der Waals surface area contributed by atoms with Crippen LogP contribution in [-0.2, 0) is 10.2 Å². The Hall–Kier alpha value is -0.870. The average molecular weight is 240 g/mol. The van der Waals surface area contributed by atoms with E-state index in [0.29, 0.717) is 13.1 Å². The molecule has 0 saturated heterocycles. The molecular weight excluding hydrogens is 220 g/mol. The molecular formula is C12H20N2OS. The predicted molar refractivity (Wildman–Crippen MR) is 68.6 cm³/mol. The highest BCUT2D eigenvalue weighted by atomic mass is 32.1. The lowest BCUT2D eigenvalue weighted by Gasteiger charge is -2.24. The molecule has 0 aliphatic rings. The maximum Gasteiger partial charge on any atom is 0.224 e. The standard InChI is InChI=1S/C12H20N2OS/c1-9(7-13)11(15)14-8-12(2,3)10-5-4-6-16-10/h4-6,9H,7-8,13H2,1-3H3,(H,14,15). The van der Waals surface area contributed by atoms with Crippen molar-refractivity contribution in [1.82, 2.24) is 5.32 Å². The first-order chi connectivity index (χ1) is 7.47. The van der Waals surface area contributed by atoms with E-state index in [0.717, 1.165) is 0 Å². The van der Waals surface area contributed by atoms with Crippen molar-refractivity contribution in [3.8, 4) is 0 Å². The van der Waals surface area contributed by atoms with Gasteiger partial charge in [0.2, 0.25) is 5.91 Å². The summed E-state index contributed by atoms with van der Waals surface area (Å²) in [6.45, 7) is 7.15. The summed E-state index contributed by atoms with van der Waals surface area (Å²) in [5.74, 6) is -0.0775. The lowest BCUT2D eigenvalue weighted by atomic mass is 9.91. The molecule has 0 saturated carbocycles. The van der Waals surface area contributed by atoms with Gasteiger partial charge in [0.1, 0.15) is 0 Å². The van der Waals surface area contributed by atoms with E-state index in [9.17, 15) is 4.79 Å². The molecule has 0 aromatic carbocycles. The lowest BCUT2D eigenvalue weighted by Crippen LogP contribution is -2.40. The van der Waals surface area contributed by atoms with E-state index in [2.05, 4.69) is 30.6 Å². The molecule has 0 bridgehead atoms. The zero-order chi connectivity index (χ0) is 12.2. The SMILES string of the molecule is CC(CN)C(=O)NCC(C)(C)c1cccs1. The maximum atomic E-state index is 11.6. The fraction of sp³-hybridized carbons (Fsp3) is 0.583. The number of amides is 1. The Kier molecular flexibility index (Phi) is 4.50. The minimum atomic E-state index is -0.112. The molecule has 16 heavy (non-hydrogen) atoms. The molecule has 3 N–H and O–H groups in total. The van der Waals surface area contributed by atoms with Gasteiger partial charge in [-0.2, -0.15) is 0 Å². The highest BCUT2D eigenvalue weighted by Crippen LogP contribution is 2.26. The Morgan fingerprint density at radius 1 is 1.62 bits per heavy atom. The number of thiophene rings is 1. The zero-order valence-electron chi connectivity index (χ0n) is 10.1. The van der Waals surface area contributed by atoms with Crippen molar-refractivity contribution in [3.05, 3.63) is 22.4 Å². The minimum Gasteiger partial charge on any atom is -0.355 e. The quantitative estimate of drug-likeness (QED) is 0.823. The van der Waals surface area contributed by atoms with Crippen LogP contribution in [0.5, 0.6) is 0 Å². The van der Waals surface area contributed by atoms with Gasteiger partial charge in [-0.1, -0.05) is 26.8 Å². The van der Waals surface area contributed by atoms with Gasteiger partial charge in [-0.15, -0.1) is 11.3 Å². The number of hydrogen-bond acceptors (Lipinski definition) is 3. The first-order valence-corrected chi connectivity index (χ1v) is 6.37. The van der Waals surface area contributed by atoms with Gasteiger partial charge >= 0.3 is 0 Å². The van der Waals surface area contributed by atoms with Crippen LogP contribution in [0.1, 0.15) is 25.6 Å². The molecule has 1 aromatic heterocycles. The Labute approximate surface area is 101 Å². The fourth-order valence-corrected chi connectivity index (χ4v) is 2.19. The van der Waals surface area contributed by atoms with Crippen LogP contribution >= 0.6 is 11.3 Å². The summed E-state index contributed by atoms with van der Waals surface area (Å²) in [6.07, 6.45) is 0. The molecule has 0 fully saturated rings. The third-order valence-electron chi connectivity index (χ3n) is 2.69. The first-order valence-electron chi connectivity index (χ1n) is 5.49. The second kappa shape index (κ2) is 5.46. The average Bonchev–Trinajstić information content (AvgIpc) is 2.78. The second-order valence-corrected chi connectivity index (χ2v) is 5.66. The van der Waals surface area contributed by atoms with Crippen molar-refractivity contribution in [2.24, 2.45) is 11.7 Å². The summed E-state index contributed by atoms with van der Waals surface area (Å²) in [6, 6.07) is 4.13. The van der Waals surface area contributed by atoms with Crippen LogP contribution in [0.4, 0.5) is 0 Å². The molecule has 1 unspecified atom stereocenters. The molecule has 0 aliphatic carbocycles. The van der Waals surface area contributed by atoms with Gasteiger partial charge in [0.05, 0.1) is 0 Å². The lowest BCUT2D eigenvalue weighted by molar-refractivity contribution is -0.124. The maximum absolute atomic E-state index is 11.6. The molecule has 3 nitrogen and oxygen atoms in total. The minimum absolute atomic E-state index is 0.0157. The van der Waals surface area contributed by atoms with Crippen molar-refractivity contribution in [1.29, 1.82) is 0 Å². The monoisotopic (exact) mass is 240 g/mol. The Bertz CT molecular complexity index is 333. The number of nitrogens with one attached hydrogen (secondary N) is 1. The van der Waals surface area contributed by atoms with Crippen LogP contribution in [0.15, 0.2) is 17.5 Å². The molecule has 0 spiro atoms. The normalized spacial score (nSPS) is 13.5.